The average Bonchev–Trinajstić information content (AvgIpc) is 3.39. The third kappa shape index (κ3) is 58.9. The number of nitrogens with one attached hydrogen (secondary N) is 1. The molecule has 3 unspecified atom stereocenters. The molecule has 0 radical (unpaired) electrons. The second-order valence-electron chi connectivity index (χ2n) is 24.3. The van der Waals surface area contributed by atoms with Gasteiger partial charge in [0.2, 0.25) is 5.91 Å². The van der Waals surface area contributed by atoms with Crippen molar-refractivity contribution in [2.75, 3.05) is 40.9 Å². The largest absolute Gasteiger partial charge is 0.756 e. The van der Waals surface area contributed by atoms with Gasteiger partial charge in [0.15, 0.2) is 0 Å². The number of carbonyl (C=O) groups is 2. The fourth-order valence-electron chi connectivity index (χ4n) is 10.2. The molecule has 0 bridgehead atoms. The minimum absolute atomic E-state index is 0.0188. The van der Waals surface area contributed by atoms with Crippen LogP contribution in [0.25, 0.3) is 0 Å². The van der Waals surface area contributed by atoms with Gasteiger partial charge in [-0.2, -0.15) is 0 Å². The van der Waals surface area contributed by atoms with E-state index in [0.29, 0.717) is 17.4 Å². The summed E-state index contributed by atoms with van der Waals surface area (Å²) < 4.78 is 30.4. The van der Waals surface area contributed by atoms with Crippen molar-refractivity contribution in [3.8, 4) is 0 Å². The quantitative estimate of drug-likeness (QED) is 0.0212. The van der Waals surface area contributed by atoms with Crippen LogP contribution in [0.5, 0.6) is 0 Å². The first-order chi connectivity index (χ1) is 37.4. The van der Waals surface area contributed by atoms with Crippen LogP contribution in [0.3, 0.4) is 0 Å². The van der Waals surface area contributed by atoms with Crippen molar-refractivity contribution in [1.82, 2.24) is 5.32 Å². The molecule has 0 saturated heterocycles. The Kier molecular flexibility index (Phi) is 56.6. The van der Waals surface area contributed by atoms with Crippen molar-refractivity contribution < 1.29 is 37.3 Å². The third-order valence-electron chi connectivity index (χ3n) is 15.4. The number of quaternary nitrogens is 1. The standard InChI is InChI=1S/C67H131N2O7P/c1-7-10-13-16-19-22-25-28-30-32-34-36-38-41-44-47-50-53-56-59-66(70)68-64(63-75-77(72,73)74-62-61-69(4,5)6)65(58-55-52-49-46-43-40-27-24-21-18-15-12-9-3)76-67(71)60-57-54-51-48-45-42-39-37-35-33-31-29-26-23-20-17-14-11-8-2/h28,30,55,58,64-65H,7-27,29,31-54,56-57,59-63H2,1-6H3,(H-,68,70,72,73)/b30-28+,58-55+. The first kappa shape index (κ1) is 75.5. The van der Waals surface area contributed by atoms with Crippen LogP contribution >= 0.6 is 7.82 Å². The molecule has 1 amide bonds. The molecule has 3 atom stereocenters. The smallest absolute Gasteiger partial charge is 0.306 e. The number of hydrogen-bond acceptors (Lipinski definition) is 7. The van der Waals surface area contributed by atoms with Crippen molar-refractivity contribution in [3.63, 3.8) is 0 Å². The predicted octanol–water partition coefficient (Wildman–Crippen LogP) is 20.3. The van der Waals surface area contributed by atoms with Gasteiger partial charge in [0.25, 0.3) is 7.82 Å². The Labute approximate surface area is 479 Å². The number of hydrogen-bond donors (Lipinski definition) is 1. The van der Waals surface area contributed by atoms with Crippen LogP contribution < -0.4 is 10.2 Å². The van der Waals surface area contributed by atoms with Crippen LogP contribution in [-0.2, 0) is 27.9 Å². The van der Waals surface area contributed by atoms with Gasteiger partial charge in [0.05, 0.1) is 33.8 Å². The van der Waals surface area contributed by atoms with E-state index in [2.05, 4.69) is 38.2 Å². The molecule has 0 aliphatic heterocycles. The number of nitrogens with zero attached hydrogens (tertiary/aromatic N) is 1. The van der Waals surface area contributed by atoms with Crippen LogP contribution in [0.15, 0.2) is 24.3 Å². The van der Waals surface area contributed by atoms with Crippen LogP contribution in [-0.4, -0.2) is 69.4 Å². The number of ether oxygens (including phenoxy) is 1. The monoisotopic (exact) mass is 1110 g/mol. The highest BCUT2D eigenvalue weighted by Crippen LogP contribution is 2.38. The molecule has 0 heterocycles. The lowest BCUT2D eigenvalue weighted by molar-refractivity contribution is -0.870. The Morgan fingerprint density at radius 1 is 0.442 bits per heavy atom. The third-order valence-corrected chi connectivity index (χ3v) is 16.3. The molecule has 0 rings (SSSR count). The van der Waals surface area contributed by atoms with Gasteiger partial charge in [-0.25, -0.2) is 0 Å². The van der Waals surface area contributed by atoms with Gasteiger partial charge in [0, 0.05) is 12.8 Å². The Bertz CT molecular complexity index is 1370. The van der Waals surface area contributed by atoms with E-state index in [1.54, 1.807) is 0 Å². The van der Waals surface area contributed by atoms with E-state index >= 15 is 0 Å². The van der Waals surface area contributed by atoms with Crippen molar-refractivity contribution in [3.05, 3.63) is 24.3 Å². The summed E-state index contributed by atoms with van der Waals surface area (Å²) in [5.41, 5.74) is 0. The first-order valence-corrected chi connectivity index (χ1v) is 35.1. The van der Waals surface area contributed by atoms with Crippen LogP contribution in [0, 0.1) is 0 Å². The topological polar surface area (TPSA) is 114 Å². The molecule has 10 heteroatoms. The molecule has 0 aromatic carbocycles. The van der Waals surface area contributed by atoms with Gasteiger partial charge < -0.3 is 28.5 Å². The average molecular weight is 1110 g/mol. The molecule has 0 aromatic heterocycles. The lowest BCUT2D eigenvalue weighted by Crippen LogP contribution is -2.47. The molecule has 1 N–H and O–H groups in total. The fraction of sp³-hybridized carbons (Fsp3) is 0.910. The van der Waals surface area contributed by atoms with Crippen LogP contribution in [0.1, 0.15) is 342 Å². The highest BCUT2D eigenvalue weighted by Gasteiger charge is 2.27. The van der Waals surface area contributed by atoms with Gasteiger partial charge in [0.1, 0.15) is 19.3 Å². The lowest BCUT2D eigenvalue weighted by atomic mass is 10.0. The van der Waals surface area contributed by atoms with Crippen LogP contribution in [0.2, 0.25) is 0 Å². The van der Waals surface area contributed by atoms with Gasteiger partial charge in [-0.05, 0) is 57.4 Å². The van der Waals surface area contributed by atoms with E-state index in [1.807, 2.05) is 33.3 Å². The second-order valence-corrected chi connectivity index (χ2v) is 25.7. The number of allylic oxidation sites excluding steroid dienone is 3. The first-order valence-electron chi connectivity index (χ1n) is 33.6. The number of likely N-dealkylation sites (N-methyl/N-ethyl adjacent to an activating group) is 1. The maximum atomic E-state index is 13.6. The Hall–Kier alpha value is -1.51. The van der Waals surface area contributed by atoms with E-state index in [0.717, 1.165) is 57.8 Å². The number of amides is 1. The molecule has 77 heavy (non-hydrogen) atoms. The number of phosphoric ester groups is 1. The molecular formula is C67H131N2O7P. The van der Waals surface area contributed by atoms with Gasteiger partial charge >= 0.3 is 5.97 Å². The molecule has 9 nitrogen and oxygen atoms in total. The lowest BCUT2D eigenvalue weighted by Gasteiger charge is -2.30. The van der Waals surface area contributed by atoms with Gasteiger partial charge in [-0.15, -0.1) is 0 Å². The maximum absolute atomic E-state index is 13.6. The molecular weight excluding hydrogens is 976 g/mol. The zero-order valence-corrected chi connectivity index (χ0v) is 53.1. The number of unbranched alkanes of at least 4 members (excludes halogenated alkanes) is 44. The summed E-state index contributed by atoms with van der Waals surface area (Å²) in [6, 6.07) is -0.884. The summed E-state index contributed by atoms with van der Waals surface area (Å²) in [4.78, 5) is 40.1. The fourth-order valence-corrected chi connectivity index (χ4v) is 10.9. The number of rotatable bonds is 62. The van der Waals surface area contributed by atoms with Gasteiger partial charge in [-0.3, -0.25) is 14.2 Å². The molecule has 0 aliphatic rings. The summed E-state index contributed by atoms with van der Waals surface area (Å²) in [7, 11) is 1.20. The van der Waals surface area contributed by atoms with E-state index < -0.39 is 20.0 Å². The highest BCUT2D eigenvalue weighted by molar-refractivity contribution is 7.45. The Morgan fingerprint density at radius 3 is 1.10 bits per heavy atom. The summed E-state index contributed by atoms with van der Waals surface area (Å²) in [5, 5.41) is 3.04. The predicted molar refractivity (Wildman–Crippen MR) is 330 cm³/mol. The zero-order valence-electron chi connectivity index (χ0n) is 52.2. The van der Waals surface area contributed by atoms with Crippen molar-refractivity contribution in [1.29, 1.82) is 0 Å². The number of esters is 1. The second kappa shape index (κ2) is 57.7. The number of phosphoric acid groups is 1. The van der Waals surface area contributed by atoms with Crippen molar-refractivity contribution >= 4 is 19.7 Å². The Morgan fingerprint density at radius 2 is 0.753 bits per heavy atom. The molecule has 0 aliphatic carbocycles. The van der Waals surface area contributed by atoms with E-state index in [1.165, 1.54) is 250 Å². The maximum Gasteiger partial charge on any atom is 0.306 e. The minimum atomic E-state index is -4.70. The summed E-state index contributed by atoms with van der Waals surface area (Å²) >= 11 is 0. The summed E-state index contributed by atoms with van der Waals surface area (Å²) in [6.45, 7) is 6.90. The van der Waals surface area contributed by atoms with Gasteiger partial charge in [-0.1, -0.05) is 296 Å². The van der Waals surface area contributed by atoms with E-state index in [-0.39, 0.29) is 31.5 Å². The molecule has 0 spiro atoms. The minimum Gasteiger partial charge on any atom is -0.756 e. The van der Waals surface area contributed by atoms with Crippen molar-refractivity contribution in [2.45, 2.75) is 354 Å². The summed E-state index contributed by atoms with van der Waals surface area (Å²) in [5.74, 6) is -0.523. The normalized spacial score (nSPS) is 13.7. The molecule has 0 saturated carbocycles. The van der Waals surface area contributed by atoms with Crippen molar-refractivity contribution in [2.24, 2.45) is 0 Å². The molecule has 0 aromatic rings. The SMILES string of the molecule is CCCCCCCC/C=C/CCCCCCCCCCCC(=O)NC(COP(=O)([O-])OCC[N+](C)(C)C)C(/C=C/CCCCCCCCCCCCC)OC(=O)CCCCCCCCCCCCCCCCCCCCC. The summed E-state index contributed by atoms with van der Waals surface area (Å²) in [6.07, 6.45) is 68.6. The van der Waals surface area contributed by atoms with Crippen LogP contribution in [0.4, 0.5) is 0 Å². The highest BCUT2D eigenvalue weighted by atomic mass is 31.2. The molecule has 456 valence electrons. The van der Waals surface area contributed by atoms with E-state index in [4.69, 9.17) is 13.8 Å². The molecule has 0 fully saturated rings. The Balaban J connectivity index is 5.17. The van der Waals surface area contributed by atoms with E-state index in [9.17, 15) is 19.0 Å². The zero-order chi connectivity index (χ0) is 56.4. The number of carbonyl (C=O) groups excluding carboxylic acids is 2.